The Morgan fingerprint density at radius 2 is 2.05 bits per heavy atom. The molecule has 1 aromatic heterocycles. The molecule has 0 fully saturated rings. The van der Waals surface area contributed by atoms with E-state index in [1.54, 1.807) is 7.05 Å². The van der Waals surface area contributed by atoms with E-state index < -0.39 is 0 Å². The largest absolute Gasteiger partial charge is 0.379 e. The van der Waals surface area contributed by atoms with Crippen LogP contribution in [0.4, 0.5) is 0 Å². The van der Waals surface area contributed by atoms with E-state index in [0.717, 1.165) is 37.8 Å². The van der Waals surface area contributed by atoms with Crippen LogP contribution in [0.2, 0.25) is 0 Å². The summed E-state index contributed by atoms with van der Waals surface area (Å²) in [7, 11) is 1.77. The Bertz CT molecular complexity index is 385. The normalized spacial score (nSPS) is 11.1. The van der Waals surface area contributed by atoms with Gasteiger partial charge in [-0.05, 0) is 18.1 Å². The molecule has 0 aliphatic carbocycles. The summed E-state index contributed by atoms with van der Waals surface area (Å²) in [6, 6.07) is 5.95. The lowest BCUT2D eigenvalue weighted by Gasteiger charge is -2.12. The van der Waals surface area contributed by atoms with E-state index in [4.69, 9.17) is 4.74 Å². The number of nitrogens with one attached hydrogen (secondary N) is 2. The molecule has 1 heterocycles. The summed E-state index contributed by atoms with van der Waals surface area (Å²) in [6.45, 7) is 7.35. The molecule has 0 spiro atoms. The van der Waals surface area contributed by atoms with Gasteiger partial charge in [0.15, 0.2) is 5.96 Å². The van der Waals surface area contributed by atoms with Crippen LogP contribution in [0.5, 0.6) is 0 Å². The Balaban J connectivity index is 0.00000400. The van der Waals surface area contributed by atoms with Gasteiger partial charge in [-0.1, -0.05) is 19.9 Å². The maximum absolute atomic E-state index is 5.51. The Labute approximate surface area is 145 Å². The zero-order valence-electron chi connectivity index (χ0n) is 13.1. The molecule has 0 atom stereocenters. The number of halogens is 1. The fourth-order valence-corrected chi connectivity index (χ4v) is 1.64. The summed E-state index contributed by atoms with van der Waals surface area (Å²) in [5.41, 5.74) is 1.08. The molecular formula is C15H27IN4O. The summed E-state index contributed by atoms with van der Waals surface area (Å²) >= 11 is 0. The van der Waals surface area contributed by atoms with E-state index in [-0.39, 0.29) is 24.0 Å². The Morgan fingerprint density at radius 1 is 1.29 bits per heavy atom. The lowest BCUT2D eigenvalue weighted by atomic mass is 10.2. The van der Waals surface area contributed by atoms with Gasteiger partial charge in [0.1, 0.15) is 0 Å². The highest BCUT2D eigenvalue weighted by Gasteiger charge is 1.98. The number of nitrogens with zero attached hydrogens (tertiary/aromatic N) is 2. The number of aromatic nitrogens is 1. The third kappa shape index (κ3) is 10.5. The minimum absolute atomic E-state index is 0. The molecule has 5 nitrogen and oxygen atoms in total. The van der Waals surface area contributed by atoms with E-state index in [0.29, 0.717) is 12.5 Å². The van der Waals surface area contributed by atoms with Gasteiger partial charge in [0.05, 0.1) is 6.61 Å². The molecule has 0 saturated carbocycles. The molecule has 0 unspecified atom stereocenters. The first kappa shape index (κ1) is 20.1. The maximum Gasteiger partial charge on any atom is 0.191 e. The van der Waals surface area contributed by atoms with Gasteiger partial charge < -0.3 is 15.4 Å². The van der Waals surface area contributed by atoms with Crippen LogP contribution >= 0.6 is 24.0 Å². The van der Waals surface area contributed by atoms with Crippen molar-refractivity contribution in [3.8, 4) is 0 Å². The van der Waals surface area contributed by atoms with Crippen LogP contribution in [0.3, 0.4) is 0 Å². The van der Waals surface area contributed by atoms with Crippen LogP contribution in [0.15, 0.2) is 29.4 Å². The highest BCUT2D eigenvalue weighted by Crippen LogP contribution is 1.93. The monoisotopic (exact) mass is 406 g/mol. The Hall–Kier alpha value is -0.890. The first-order valence-electron chi connectivity index (χ1n) is 7.14. The van der Waals surface area contributed by atoms with Gasteiger partial charge in [-0.3, -0.25) is 9.98 Å². The predicted octanol–water partition coefficient (Wildman–Crippen LogP) is 2.08. The first-order valence-corrected chi connectivity index (χ1v) is 7.14. The quantitative estimate of drug-likeness (QED) is 0.301. The summed E-state index contributed by atoms with van der Waals surface area (Å²) < 4.78 is 5.51. The van der Waals surface area contributed by atoms with E-state index in [9.17, 15) is 0 Å². The van der Waals surface area contributed by atoms with E-state index >= 15 is 0 Å². The Morgan fingerprint density at radius 3 is 2.67 bits per heavy atom. The number of rotatable bonds is 8. The summed E-state index contributed by atoms with van der Waals surface area (Å²) in [5.74, 6) is 1.37. The molecule has 0 radical (unpaired) electrons. The standard InChI is InChI=1S/C15H26N4O.HI/c1-13(2)12-20-11-10-19-15(16-3)18-9-7-14-6-4-5-8-17-14;/h4-6,8,13H,7,9-12H2,1-3H3,(H2,16,18,19);1H. The molecule has 1 aromatic rings. The van der Waals surface area contributed by atoms with Crippen LogP contribution in [0, 0.1) is 5.92 Å². The van der Waals surface area contributed by atoms with Crippen LogP contribution in [-0.2, 0) is 11.2 Å². The van der Waals surface area contributed by atoms with Gasteiger partial charge in [0.25, 0.3) is 0 Å². The average Bonchev–Trinajstić information content (AvgIpc) is 2.46. The topological polar surface area (TPSA) is 58.5 Å². The SMILES string of the molecule is CN=C(NCCOCC(C)C)NCCc1ccccn1.I. The summed E-state index contributed by atoms with van der Waals surface area (Å²) in [6.07, 6.45) is 2.69. The molecule has 6 heteroatoms. The lowest BCUT2D eigenvalue weighted by molar-refractivity contribution is 0.114. The fourth-order valence-electron chi connectivity index (χ4n) is 1.64. The number of pyridine rings is 1. The molecule has 0 saturated heterocycles. The highest BCUT2D eigenvalue weighted by atomic mass is 127. The van der Waals surface area contributed by atoms with E-state index in [2.05, 4.69) is 34.5 Å². The van der Waals surface area contributed by atoms with Gasteiger partial charge in [0, 0.05) is 45.1 Å². The van der Waals surface area contributed by atoms with Crippen LogP contribution in [-0.4, -0.2) is 44.3 Å². The van der Waals surface area contributed by atoms with Crippen LogP contribution < -0.4 is 10.6 Å². The second-order valence-electron chi connectivity index (χ2n) is 4.97. The van der Waals surface area contributed by atoms with Crippen LogP contribution in [0.1, 0.15) is 19.5 Å². The van der Waals surface area contributed by atoms with Crippen molar-refractivity contribution in [2.75, 3.05) is 33.4 Å². The zero-order chi connectivity index (χ0) is 14.6. The van der Waals surface area contributed by atoms with E-state index in [1.807, 2.05) is 24.4 Å². The number of ether oxygens (including phenoxy) is 1. The minimum Gasteiger partial charge on any atom is -0.379 e. The molecule has 21 heavy (non-hydrogen) atoms. The van der Waals surface area contributed by atoms with Crippen molar-refractivity contribution in [2.45, 2.75) is 20.3 Å². The molecular weight excluding hydrogens is 379 g/mol. The smallest absolute Gasteiger partial charge is 0.191 e. The molecule has 0 aliphatic rings. The van der Waals surface area contributed by atoms with E-state index in [1.165, 1.54) is 0 Å². The van der Waals surface area contributed by atoms with Gasteiger partial charge in [0.2, 0.25) is 0 Å². The van der Waals surface area contributed by atoms with Crippen LogP contribution in [0.25, 0.3) is 0 Å². The summed E-state index contributed by atoms with van der Waals surface area (Å²) in [5, 5.41) is 6.48. The van der Waals surface area contributed by atoms with Gasteiger partial charge in [-0.2, -0.15) is 0 Å². The number of hydrogen-bond acceptors (Lipinski definition) is 3. The summed E-state index contributed by atoms with van der Waals surface area (Å²) in [4.78, 5) is 8.45. The fraction of sp³-hybridized carbons (Fsp3) is 0.600. The van der Waals surface area contributed by atoms with Crippen molar-refractivity contribution in [3.63, 3.8) is 0 Å². The first-order chi connectivity index (χ1) is 9.72. The van der Waals surface area contributed by atoms with Gasteiger partial charge in [-0.25, -0.2) is 0 Å². The van der Waals surface area contributed by atoms with Crippen molar-refractivity contribution < 1.29 is 4.74 Å². The van der Waals surface area contributed by atoms with Crippen molar-refractivity contribution >= 4 is 29.9 Å². The number of guanidine groups is 1. The predicted molar refractivity (Wildman–Crippen MR) is 98.4 cm³/mol. The molecule has 0 amide bonds. The second-order valence-corrected chi connectivity index (χ2v) is 4.97. The average molecular weight is 406 g/mol. The lowest BCUT2D eigenvalue weighted by Crippen LogP contribution is -2.40. The highest BCUT2D eigenvalue weighted by molar-refractivity contribution is 14.0. The molecule has 2 N–H and O–H groups in total. The number of aliphatic imine (C=N–C) groups is 1. The molecule has 1 rings (SSSR count). The number of hydrogen-bond donors (Lipinski definition) is 2. The van der Waals surface area contributed by atoms with Crippen molar-refractivity contribution in [1.82, 2.24) is 15.6 Å². The minimum atomic E-state index is 0. The van der Waals surface area contributed by atoms with Gasteiger partial charge in [-0.15, -0.1) is 24.0 Å². The third-order valence-electron chi connectivity index (χ3n) is 2.61. The van der Waals surface area contributed by atoms with Crippen molar-refractivity contribution in [2.24, 2.45) is 10.9 Å². The van der Waals surface area contributed by atoms with Crippen molar-refractivity contribution in [3.05, 3.63) is 30.1 Å². The van der Waals surface area contributed by atoms with Gasteiger partial charge >= 0.3 is 0 Å². The maximum atomic E-state index is 5.51. The Kier molecular flexibility index (Phi) is 12.3. The molecule has 0 aromatic carbocycles. The molecule has 0 bridgehead atoms. The molecule has 120 valence electrons. The molecule has 0 aliphatic heterocycles. The zero-order valence-corrected chi connectivity index (χ0v) is 15.5. The third-order valence-corrected chi connectivity index (χ3v) is 2.61. The second kappa shape index (κ2) is 12.8. The van der Waals surface area contributed by atoms with Crippen molar-refractivity contribution in [1.29, 1.82) is 0 Å².